The van der Waals surface area contributed by atoms with Crippen LogP contribution in [0.2, 0.25) is 0 Å². The van der Waals surface area contributed by atoms with Crippen LogP contribution in [0.1, 0.15) is 37.4 Å². The van der Waals surface area contributed by atoms with Crippen molar-refractivity contribution in [3.05, 3.63) is 34.2 Å². The predicted molar refractivity (Wildman–Crippen MR) is 80.8 cm³/mol. The van der Waals surface area contributed by atoms with E-state index in [2.05, 4.69) is 10.2 Å². The summed E-state index contributed by atoms with van der Waals surface area (Å²) in [7, 11) is 1.63. The zero-order valence-corrected chi connectivity index (χ0v) is 12.8. The Hall–Kier alpha value is -1.73. The lowest BCUT2D eigenvalue weighted by molar-refractivity contribution is 0.405. The molecular weight excluding hydrogens is 288 g/mol. The third kappa shape index (κ3) is 2.71. The topological polar surface area (TPSA) is 85.9 Å². The normalized spacial score (nSPS) is 16.0. The fourth-order valence-corrected chi connectivity index (χ4v) is 3.52. The molecule has 0 radical (unpaired) electrons. The van der Waals surface area contributed by atoms with E-state index in [1.165, 1.54) is 11.8 Å². The molecule has 3 N–H and O–H groups in total. The van der Waals surface area contributed by atoms with E-state index < -0.39 is 0 Å². The molecule has 0 amide bonds. The number of methoxy groups -OCH3 is 1. The van der Waals surface area contributed by atoms with Crippen LogP contribution in [0.15, 0.2) is 33.0 Å². The maximum atomic E-state index is 11.8. The molecule has 1 aliphatic carbocycles. The number of hydrogen-bond acceptors (Lipinski definition) is 5. The van der Waals surface area contributed by atoms with E-state index >= 15 is 0 Å². The monoisotopic (exact) mass is 306 g/mol. The molecule has 1 aliphatic rings. The molecule has 2 aromatic rings. The molecule has 1 atom stereocenters. The Bertz CT molecular complexity index is 703. The van der Waals surface area contributed by atoms with Crippen LogP contribution in [0.3, 0.4) is 0 Å². The summed E-state index contributed by atoms with van der Waals surface area (Å²) >= 11 is 1.45. The maximum Gasteiger partial charge on any atom is 0.344 e. The first kappa shape index (κ1) is 14.2. The summed E-state index contributed by atoms with van der Waals surface area (Å²) in [6, 6.07) is 5.90. The van der Waals surface area contributed by atoms with Crippen molar-refractivity contribution >= 4 is 11.8 Å². The minimum atomic E-state index is -0.163. The molecule has 1 heterocycles. The SMILES string of the molecule is COc1cccc(Sc2n[nH]c(=O)n2C2CC2)c1C(C)N. The van der Waals surface area contributed by atoms with Crippen LogP contribution >= 0.6 is 11.8 Å². The lowest BCUT2D eigenvalue weighted by Crippen LogP contribution is -2.16. The number of nitrogens with zero attached hydrogens (tertiary/aromatic N) is 2. The molecule has 1 aromatic carbocycles. The van der Waals surface area contributed by atoms with Crippen molar-refractivity contribution in [2.24, 2.45) is 5.73 Å². The highest BCUT2D eigenvalue weighted by Crippen LogP contribution is 2.40. The molecule has 1 unspecified atom stereocenters. The number of H-pyrrole nitrogens is 1. The highest BCUT2D eigenvalue weighted by molar-refractivity contribution is 7.99. The lowest BCUT2D eigenvalue weighted by atomic mass is 10.1. The van der Waals surface area contributed by atoms with Crippen molar-refractivity contribution in [1.29, 1.82) is 0 Å². The van der Waals surface area contributed by atoms with Crippen LogP contribution in [0.25, 0.3) is 0 Å². The van der Waals surface area contributed by atoms with Crippen molar-refractivity contribution in [2.75, 3.05) is 7.11 Å². The van der Waals surface area contributed by atoms with Gasteiger partial charge in [-0.1, -0.05) is 6.07 Å². The Morgan fingerprint density at radius 2 is 2.29 bits per heavy atom. The van der Waals surface area contributed by atoms with Crippen LogP contribution in [0, 0.1) is 0 Å². The Balaban J connectivity index is 2.00. The van der Waals surface area contributed by atoms with Gasteiger partial charge in [-0.05, 0) is 43.7 Å². The fourth-order valence-electron chi connectivity index (χ4n) is 2.36. The van der Waals surface area contributed by atoms with Gasteiger partial charge in [0.05, 0.1) is 7.11 Å². The average molecular weight is 306 g/mol. The third-order valence-electron chi connectivity index (χ3n) is 3.49. The number of nitrogens with two attached hydrogens (primary N) is 1. The number of benzene rings is 1. The Morgan fingerprint density at radius 1 is 1.52 bits per heavy atom. The molecule has 1 fully saturated rings. The number of ether oxygens (including phenoxy) is 1. The maximum absolute atomic E-state index is 11.8. The first-order valence-electron chi connectivity index (χ1n) is 6.89. The summed E-state index contributed by atoms with van der Waals surface area (Å²) < 4.78 is 7.12. The van der Waals surface area contributed by atoms with Gasteiger partial charge in [-0.25, -0.2) is 9.89 Å². The van der Waals surface area contributed by atoms with Gasteiger partial charge < -0.3 is 10.5 Å². The second kappa shape index (κ2) is 5.57. The molecule has 0 aliphatic heterocycles. The van der Waals surface area contributed by atoms with Crippen molar-refractivity contribution in [3.63, 3.8) is 0 Å². The van der Waals surface area contributed by atoms with E-state index in [-0.39, 0.29) is 17.8 Å². The van der Waals surface area contributed by atoms with Crippen molar-refractivity contribution in [2.45, 2.75) is 41.9 Å². The summed E-state index contributed by atoms with van der Waals surface area (Å²) in [5.41, 5.74) is 6.86. The van der Waals surface area contributed by atoms with Gasteiger partial charge in [0.25, 0.3) is 0 Å². The van der Waals surface area contributed by atoms with Gasteiger partial charge in [-0.15, -0.1) is 5.10 Å². The van der Waals surface area contributed by atoms with E-state index in [9.17, 15) is 4.79 Å². The number of rotatable bonds is 5. The van der Waals surface area contributed by atoms with Gasteiger partial charge in [0, 0.05) is 22.5 Å². The standard InChI is InChI=1S/C14H18N4O2S/c1-8(15)12-10(20-2)4-3-5-11(12)21-14-17-16-13(19)18(14)9-6-7-9/h3-5,8-9H,6-7,15H2,1-2H3,(H,16,19). The second-order valence-corrected chi connectivity index (χ2v) is 6.18. The van der Waals surface area contributed by atoms with Crippen LogP contribution in [0.5, 0.6) is 5.75 Å². The summed E-state index contributed by atoms with van der Waals surface area (Å²) in [5, 5.41) is 7.34. The number of aromatic amines is 1. The molecule has 7 heteroatoms. The smallest absolute Gasteiger partial charge is 0.344 e. The second-order valence-electron chi connectivity index (χ2n) is 5.18. The van der Waals surface area contributed by atoms with Gasteiger partial charge >= 0.3 is 5.69 Å². The molecule has 6 nitrogen and oxygen atoms in total. The molecule has 1 aromatic heterocycles. The van der Waals surface area contributed by atoms with E-state index in [0.29, 0.717) is 5.16 Å². The summed E-state index contributed by atoms with van der Waals surface area (Å²) in [6.07, 6.45) is 2.07. The predicted octanol–water partition coefficient (Wildman–Crippen LogP) is 2.09. The van der Waals surface area contributed by atoms with Crippen molar-refractivity contribution < 1.29 is 4.74 Å². The average Bonchev–Trinajstić information content (AvgIpc) is 3.23. The molecule has 0 saturated heterocycles. The molecule has 3 rings (SSSR count). The lowest BCUT2D eigenvalue weighted by Gasteiger charge is -2.16. The molecule has 0 bridgehead atoms. The fraction of sp³-hybridized carbons (Fsp3) is 0.429. The van der Waals surface area contributed by atoms with Gasteiger partial charge in [0.1, 0.15) is 5.75 Å². The quantitative estimate of drug-likeness (QED) is 0.883. The van der Waals surface area contributed by atoms with Gasteiger partial charge in [-0.2, -0.15) is 0 Å². The molecule has 112 valence electrons. The number of nitrogens with one attached hydrogen (secondary N) is 1. The highest BCUT2D eigenvalue weighted by Gasteiger charge is 2.29. The van der Waals surface area contributed by atoms with Crippen molar-refractivity contribution in [1.82, 2.24) is 14.8 Å². The first-order chi connectivity index (χ1) is 10.1. The van der Waals surface area contributed by atoms with Gasteiger partial charge in [-0.3, -0.25) is 4.57 Å². The number of aromatic nitrogens is 3. The Labute approximate surface area is 126 Å². The largest absolute Gasteiger partial charge is 0.496 e. The van der Waals surface area contributed by atoms with Crippen LogP contribution < -0.4 is 16.2 Å². The zero-order chi connectivity index (χ0) is 15.0. The van der Waals surface area contributed by atoms with Crippen LogP contribution in [-0.2, 0) is 0 Å². The van der Waals surface area contributed by atoms with Crippen LogP contribution in [0.4, 0.5) is 0 Å². The minimum Gasteiger partial charge on any atom is -0.496 e. The third-order valence-corrected chi connectivity index (χ3v) is 4.53. The van der Waals surface area contributed by atoms with Gasteiger partial charge in [0.2, 0.25) is 0 Å². The molecule has 1 saturated carbocycles. The van der Waals surface area contributed by atoms with Crippen molar-refractivity contribution in [3.8, 4) is 5.75 Å². The first-order valence-corrected chi connectivity index (χ1v) is 7.70. The molecule has 0 spiro atoms. The van der Waals surface area contributed by atoms with E-state index in [4.69, 9.17) is 10.5 Å². The molecule has 21 heavy (non-hydrogen) atoms. The molecular formula is C14H18N4O2S. The number of hydrogen-bond donors (Lipinski definition) is 2. The van der Waals surface area contributed by atoms with E-state index in [1.807, 2.05) is 25.1 Å². The summed E-state index contributed by atoms with van der Waals surface area (Å²) in [5.74, 6) is 0.755. The highest BCUT2D eigenvalue weighted by atomic mass is 32.2. The summed E-state index contributed by atoms with van der Waals surface area (Å²) in [4.78, 5) is 12.8. The van der Waals surface area contributed by atoms with E-state index in [1.54, 1.807) is 11.7 Å². The van der Waals surface area contributed by atoms with E-state index in [0.717, 1.165) is 29.1 Å². The Kier molecular flexibility index (Phi) is 3.77. The zero-order valence-electron chi connectivity index (χ0n) is 12.0. The minimum absolute atomic E-state index is 0.148. The Morgan fingerprint density at radius 3 is 2.90 bits per heavy atom. The van der Waals surface area contributed by atoms with Gasteiger partial charge in [0.15, 0.2) is 5.16 Å². The summed E-state index contributed by atoms with van der Waals surface area (Å²) in [6.45, 7) is 1.92. The van der Waals surface area contributed by atoms with Crippen LogP contribution in [-0.4, -0.2) is 21.9 Å².